The fourth-order valence-electron chi connectivity index (χ4n) is 1.21. The van der Waals surface area contributed by atoms with E-state index in [4.69, 9.17) is 5.11 Å². The average molecular weight is 209 g/mol. The smallest absolute Gasteiger partial charge is 0.123 e. The first-order chi connectivity index (χ1) is 7.00. The summed E-state index contributed by atoms with van der Waals surface area (Å²) in [5, 5.41) is 22.0. The van der Waals surface area contributed by atoms with Crippen molar-refractivity contribution in [3.05, 3.63) is 23.8 Å². The molecule has 0 amide bonds. The molecular weight excluding hydrogens is 190 g/mol. The van der Waals surface area contributed by atoms with Gasteiger partial charge in [0, 0.05) is 24.2 Å². The van der Waals surface area contributed by atoms with Crippen molar-refractivity contribution in [2.75, 3.05) is 0 Å². The van der Waals surface area contributed by atoms with Gasteiger partial charge in [0.25, 0.3) is 0 Å². The van der Waals surface area contributed by atoms with Crippen LogP contribution in [0.25, 0.3) is 0 Å². The molecular formula is C12H19NO2. The van der Waals surface area contributed by atoms with E-state index >= 15 is 0 Å². The van der Waals surface area contributed by atoms with E-state index in [9.17, 15) is 5.11 Å². The molecule has 1 rings (SSSR count). The number of hydrogen-bond donors (Lipinski definition) is 3. The number of rotatable bonds is 4. The van der Waals surface area contributed by atoms with Crippen LogP contribution >= 0.6 is 0 Å². The molecule has 0 saturated carbocycles. The lowest BCUT2D eigenvalue weighted by Crippen LogP contribution is -2.30. The Bertz CT molecular complexity index is 323. The van der Waals surface area contributed by atoms with Gasteiger partial charge in [-0.05, 0) is 18.9 Å². The summed E-state index contributed by atoms with van der Waals surface area (Å²) in [7, 11) is 0. The van der Waals surface area contributed by atoms with Crippen LogP contribution in [0.1, 0.15) is 26.3 Å². The van der Waals surface area contributed by atoms with Gasteiger partial charge in [-0.3, -0.25) is 0 Å². The van der Waals surface area contributed by atoms with Crippen LogP contribution in [0.4, 0.5) is 0 Å². The first-order valence-electron chi connectivity index (χ1n) is 5.25. The van der Waals surface area contributed by atoms with E-state index in [1.807, 2.05) is 0 Å². The van der Waals surface area contributed by atoms with Gasteiger partial charge in [0.2, 0.25) is 0 Å². The van der Waals surface area contributed by atoms with Crippen molar-refractivity contribution in [2.45, 2.75) is 33.4 Å². The van der Waals surface area contributed by atoms with Gasteiger partial charge in [-0.25, -0.2) is 0 Å². The molecule has 0 aromatic heterocycles. The summed E-state index contributed by atoms with van der Waals surface area (Å²) in [5.74, 6) is 0.788. The van der Waals surface area contributed by atoms with Crippen molar-refractivity contribution in [1.29, 1.82) is 0 Å². The van der Waals surface area contributed by atoms with Gasteiger partial charge < -0.3 is 15.5 Å². The highest BCUT2D eigenvalue weighted by atomic mass is 16.3. The van der Waals surface area contributed by atoms with Gasteiger partial charge in [0.15, 0.2) is 0 Å². The number of nitrogens with one attached hydrogen (secondary N) is 1. The van der Waals surface area contributed by atoms with Crippen LogP contribution < -0.4 is 5.32 Å². The molecule has 15 heavy (non-hydrogen) atoms. The Labute approximate surface area is 90.8 Å². The third-order valence-corrected chi connectivity index (χ3v) is 2.68. The number of phenols is 2. The fourth-order valence-corrected chi connectivity index (χ4v) is 1.21. The van der Waals surface area contributed by atoms with Gasteiger partial charge in [-0.1, -0.05) is 19.9 Å². The first-order valence-corrected chi connectivity index (χ1v) is 5.25. The molecule has 0 heterocycles. The third-order valence-electron chi connectivity index (χ3n) is 2.68. The predicted octanol–water partition coefficient (Wildman–Crippen LogP) is 2.23. The van der Waals surface area contributed by atoms with Crippen molar-refractivity contribution in [3.63, 3.8) is 0 Å². The molecule has 1 aromatic carbocycles. The van der Waals surface area contributed by atoms with Crippen LogP contribution in [0.5, 0.6) is 11.5 Å². The maximum Gasteiger partial charge on any atom is 0.123 e. The second kappa shape index (κ2) is 5.03. The zero-order valence-corrected chi connectivity index (χ0v) is 9.49. The number of benzene rings is 1. The molecule has 3 N–H and O–H groups in total. The molecule has 3 heteroatoms. The summed E-state index contributed by atoms with van der Waals surface area (Å²) in [4.78, 5) is 0. The average Bonchev–Trinajstić information content (AvgIpc) is 2.15. The Hall–Kier alpha value is -1.22. The summed E-state index contributed by atoms with van der Waals surface area (Å²) >= 11 is 0. The standard InChI is InChI=1S/C12H19NO2/c1-8(2)9(3)13-7-10-4-5-11(14)6-12(10)15/h4-6,8-9,13-15H,7H2,1-3H3. The molecule has 0 bridgehead atoms. The zero-order valence-electron chi connectivity index (χ0n) is 9.49. The van der Waals surface area contributed by atoms with Crippen molar-refractivity contribution in [1.82, 2.24) is 5.32 Å². The van der Waals surface area contributed by atoms with Crippen molar-refractivity contribution in [3.8, 4) is 11.5 Å². The lowest BCUT2D eigenvalue weighted by atomic mass is 10.1. The molecule has 1 unspecified atom stereocenters. The number of phenolic OH excluding ortho intramolecular Hbond substituents is 2. The van der Waals surface area contributed by atoms with Gasteiger partial charge in [-0.15, -0.1) is 0 Å². The second-order valence-electron chi connectivity index (χ2n) is 4.23. The van der Waals surface area contributed by atoms with Crippen molar-refractivity contribution >= 4 is 0 Å². The molecule has 84 valence electrons. The summed E-state index contributed by atoms with van der Waals surface area (Å²) in [6.45, 7) is 7.02. The minimum absolute atomic E-state index is 0.0909. The van der Waals surface area contributed by atoms with Crippen molar-refractivity contribution < 1.29 is 10.2 Å². The normalized spacial score (nSPS) is 13.1. The van der Waals surface area contributed by atoms with Crippen LogP contribution in [0.3, 0.4) is 0 Å². The van der Waals surface area contributed by atoms with E-state index in [1.54, 1.807) is 12.1 Å². The molecule has 0 aliphatic heterocycles. The molecule has 0 fully saturated rings. The Morgan fingerprint density at radius 2 is 1.87 bits per heavy atom. The predicted molar refractivity (Wildman–Crippen MR) is 60.9 cm³/mol. The van der Waals surface area contributed by atoms with E-state index in [0.717, 1.165) is 5.56 Å². The quantitative estimate of drug-likeness (QED) is 0.712. The number of hydrogen-bond acceptors (Lipinski definition) is 3. The lowest BCUT2D eigenvalue weighted by molar-refractivity contribution is 0.412. The van der Waals surface area contributed by atoms with Crippen LogP contribution in [0.15, 0.2) is 18.2 Å². The monoisotopic (exact) mass is 209 g/mol. The SMILES string of the molecule is CC(C)C(C)NCc1ccc(O)cc1O. The molecule has 1 atom stereocenters. The minimum atomic E-state index is 0.0909. The maximum absolute atomic E-state index is 9.54. The summed E-state index contributed by atoms with van der Waals surface area (Å²) in [5.41, 5.74) is 0.806. The first kappa shape index (κ1) is 11.9. The number of aromatic hydroxyl groups is 2. The molecule has 0 aliphatic rings. The van der Waals surface area contributed by atoms with Crippen LogP contribution in [-0.2, 0) is 6.54 Å². The van der Waals surface area contributed by atoms with Gasteiger partial charge in [0.1, 0.15) is 11.5 Å². The second-order valence-corrected chi connectivity index (χ2v) is 4.23. The highest BCUT2D eigenvalue weighted by Crippen LogP contribution is 2.22. The minimum Gasteiger partial charge on any atom is -0.508 e. The summed E-state index contributed by atoms with van der Waals surface area (Å²) in [6.07, 6.45) is 0. The van der Waals surface area contributed by atoms with E-state index < -0.39 is 0 Å². The summed E-state index contributed by atoms with van der Waals surface area (Å²) in [6, 6.07) is 5.07. The largest absolute Gasteiger partial charge is 0.508 e. The highest BCUT2D eigenvalue weighted by Gasteiger charge is 2.07. The molecule has 3 nitrogen and oxygen atoms in total. The van der Waals surface area contributed by atoms with Gasteiger partial charge >= 0.3 is 0 Å². The summed E-state index contributed by atoms with van der Waals surface area (Å²) < 4.78 is 0. The molecule has 0 spiro atoms. The van der Waals surface area contributed by atoms with Gasteiger partial charge in [0.05, 0.1) is 0 Å². The van der Waals surface area contributed by atoms with E-state index in [1.165, 1.54) is 6.07 Å². The van der Waals surface area contributed by atoms with E-state index in [-0.39, 0.29) is 11.5 Å². The third kappa shape index (κ3) is 3.44. The molecule has 1 aromatic rings. The zero-order chi connectivity index (χ0) is 11.4. The Morgan fingerprint density at radius 1 is 1.20 bits per heavy atom. The van der Waals surface area contributed by atoms with Crippen LogP contribution in [0.2, 0.25) is 0 Å². The molecule has 0 aliphatic carbocycles. The fraction of sp³-hybridized carbons (Fsp3) is 0.500. The lowest BCUT2D eigenvalue weighted by Gasteiger charge is -2.17. The van der Waals surface area contributed by atoms with Crippen molar-refractivity contribution in [2.24, 2.45) is 5.92 Å². The van der Waals surface area contributed by atoms with Crippen LogP contribution in [0, 0.1) is 5.92 Å². The van der Waals surface area contributed by atoms with Gasteiger partial charge in [-0.2, -0.15) is 0 Å². The Morgan fingerprint density at radius 3 is 2.40 bits per heavy atom. The molecule has 0 radical (unpaired) electrons. The van der Waals surface area contributed by atoms with Crippen LogP contribution in [-0.4, -0.2) is 16.3 Å². The Balaban J connectivity index is 2.58. The highest BCUT2D eigenvalue weighted by molar-refractivity contribution is 5.38. The van der Waals surface area contributed by atoms with E-state index in [2.05, 4.69) is 26.1 Å². The van der Waals surface area contributed by atoms with E-state index in [0.29, 0.717) is 18.5 Å². The molecule has 0 saturated heterocycles. The Kier molecular flexibility index (Phi) is 3.97. The maximum atomic E-state index is 9.54. The topological polar surface area (TPSA) is 52.5 Å².